The third kappa shape index (κ3) is 3.24. The Morgan fingerprint density at radius 3 is 2.58 bits per heavy atom. The van der Waals surface area contributed by atoms with E-state index in [4.69, 9.17) is 23.2 Å². The Kier molecular flexibility index (Phi) is 5.10. The number of thiophene rings is 1. The molecule has 1 fully saturated rings. The van der Waals surface area contributed by atoms with Gasteiger partial charge in [0.05, 0.1) is 11.4 Å². The van der Waals surface area contributed by atoms with Crippen LogP contribution in [0.2, 0.25) is 10.0 Å². The van der Waals surface area contributed by atoms with E-state index in [-0.39, 0.29) is 17.4 Å². The number of carbonyl (C=O) groups is 3. The molecule has 1 aromatic carbocycles. The molecule has 2 heterocycles. The fraction of sp³-hybridized carbons (Fsp3) is 0.278. The van der Waals surface area contributed by atoms with Gasteiger partial charge >= 0.3 is 6.03 Å². The molecule has 0 radical (unpaired) electrons. The van der Waals surface area contributed by atoms with Crippen LogP contribution in [-0.2, 0) is 16.8 Å². The molecule has 3 rings (SSSR count). The van der Waals surface area contributed by atoms with Crippen molar-refractivity contribution >= 4 is 52.3 Å². The topological polar surface area (TPSA) is 66.5 Å². The van der Waals surface area contributed by atoms with Crippen molar-refractivity contribution in [2.75, 3.05) is 6.54 Å². The summed E-state index contributed by atoms with van der Waals surface area (Å²) in [4.78, 5) is 40.3. The maximum absolute atomic E-state index is 12.9. The molecule has 0 saturated carbocycles. The van der Waals surface area contributed by atoms with E-state index in [2.05, 4.69) is 5.32 Å². The lowest BCUT2D eigenvalue weighted by molar-refractivity contribution is -0.130. The predicted octanol–water partition coefficient (Wildman–Crippen LogP) is 4.27. The fourth-order valence-electron chi connectivity index (χ4n) is 2.86. The van der Waals surface area contributed by atoms with Crippen molar-refractivity contribution in [1.29, 1.82) is 0 Å². The monoisotopic (exact) mass is 410 g/mol. The van der Waals surface area contributed by atoms with E-state index in [1.165, 1.54) is 17.4 Å². The molecule has 2 aromatic rings. The summed E-state index contributed by atoms with van der Waals surface area (Å²) in [6, 6.07) is 7.68. The van der Waals surface area contributed by atoms with Crippen LogP contribution in [0.5, 0.6) is 0 Å². The number of imide groups is 1. The number of urea groups is 1. The van der Waals surface area contributed by atoms with Gasteiger partial charge in [-0.1, -0.05) is 36.2 Å². The van der Waals surface area contributed by atoms with E-state index in [1.807, 2.05) is 13.0 Å². The number of ketones is 1. The van der Waals surface area contributed by atoms with Crippen molar-refractivity contribution in [3.63, 3.8) is 0 Å². The van der Waals surface area contributed by atoms with Crippen molar-refractivity contribution in [2.24, 2.45) is 0 Å². The first-order valence-corrected chi connectivity index (χ1v) is 9.55. The van der Waals surface area contributed by atoms with E-state index in [9.17, 15) is 14.4 Å². The molecule has 0 spiro atoms. The average molecular weight is 411 g/mol. The van der Waals surface area contributed by atoms with Gasteiger partial charge in [0.2, 0.25) is 0 Å². The molecule has 136 valence electrons. The highest BCUT2D eigenvalue weighted by atomic mass is 35.5. The lowest BCUT2D eigenvalue weighted by atomic mass is 9.92. The molecule has 0 unspecified atom stereocenters. The van der Waals surface area contributed by atoms with E-state index < -0.39 is 17.5 Å². The van der Waals surface area contributed by atoms with Crippen LogP contribution in [0.3, 0.4) is 0 Å². The summed E-state index contributed by atoms with van der Waals surface area (Å²) < 4.78 is 0. The van der Waals surface area contributed by atoms with E-state index >= 15 is 0 Å². The first-order chi connectivity index (χ1) is 12.3. The minimum absolute atomic E-state index is 0.271. The summed E-state index contributed by atoms with van der Waals surface area (Å²) in [6.07, 6.45) is 0.828. The van der Waals surface area contributed by atoms with Gasteiger partial charge < -0.3 is 5.32 Å². The Bertz CT molecular complexity index is 912. The number of hydrogen-bond donors (Lipinski definition) is 1. The highest BCUT2D eigenvalue weighted by Crippen LogP contribution is 2.35. The highest BCUT2D eigenvalue weighted by molar-refractivity contribution is 7.14. The van der Waals surface area contributed by atoms with E-state index in [1.54, 1.807) is 25.1 Å². The van der Waals surface area contributed by atoms with Crippen LogP contribution in [0.25, 0.3) is 0 Å². The number of carbonyl (C=O) groups excluding carboxylic acids is 3. The number of benzene rings is 1. The van der Waals surface area contributed by atoms with Crippen molar-refractivity contribution in [2.45, 2.75) is 25.8 Å². The minimum Gasteiger partial charge on any atom is -0.319 e. The smallest absolute Gasteiger partial charge is 0.319 e. The number of Topliss-reactive ketones (excluding diaryl/α,β-unsaturated/α-hetero) is 1. The minimum atomic E-state index is -1.34. The van der Waals surface area contributed by atoms with Gasteiger partial charge in [-0.3, -0.25) is 14.5 Å². The lowest BCUT2D eigenvalue weighted by Crippen LogP contribution is -2.41. The molecule has 0 aliphatic carbocycles. The maximum atomic E-state index is 12.9. The number of rotatable bonds is 5. The van der Waals surface area contributed by atoms with Gasteiger partial charge in [-0.2, -0.15) is 0 Å². The third-order valence-corrected chi connectivity index (χ3v) is 6.15. The van der Waals surface area contributed by atoms with Crippen LogP contribution in [0.4, 0.5) is 4.79 Å². The first-order valence-electron chi connectivity index (χ1n) is 7.97. The normalized spacial score (nSPS) is 19.8. The first kappa shape index (κ1) is 18.9. The van der Waals surface area contributed by atoms with Crippen molar-refractivity contribution < 1.29 is 14.4 Å². The zero-order valence-electron chi connectivity index (χ0n) is 14.1. The van der Waals surface area contributed by atoms with E-state index in [0.717, 1.165) is 16.2 Å². The summed E-state index contributed by atoms with van der Waals surface area (Å²) in [6.45, 7) is 3.25. The Hall–Kier alpha value is -1.89. The van der Waals surface area contributed by atoms with Crippen LogP contribution in [0.1, 0.15) is 34.0 Å². The number of hydrogen-bond acceptors (Lipinski definition) is 4. The second kappa shape index (κ2) is 7.02. The molecule has 1 N–H and O–H groups in total. The summed E-state index contributed by atoms with van der Waals surface area (Å²) in [5.41, 5.74) is -0.912. The molecule has 1 atom stereocenters. The SMILES string of the molecule is CCc1ccc(C(=O)CN2C(=O)N[C@](C)(c3ccc(Cl)cc3Cl)C2=O)s1. The molecule has 1 saturated heterocycles. The van der Waals surface area contributed by atoms with Gasteiger partial charge in [0, 0.05) is 20.5 Å². The van der Waals surface area contributed by atoms with Crippen LogP contribution in [0.15, 0.2) is 30.3 Å². The standard InChI is InChI=1S/C18H16Cl2N2O3S/c1-3-11-5-7-15(26-11)14(23)9-22-16(24)18(2,21-17(22)25)12-6-4-10(19)8-13(12)20/h4-8H,3,9H2,1-2H3,(H,21,25)/t18-/m1/s1. The van der Waals surface area contributed by atoms with Gasteiger partial charge in [-0.15, -0.1) is 11.3 Å². The number of nitrogens with zero attached hydrogens (tertiary/aromatic N) is 1. The second-order valence-corrected chi connectivity index (χ2v) is 8.13. The Morgan fingerprint density at radius 1 is 1.23 bits per heavy atom. The average Bonchev–Trinajstić information content (AvgIpc) is 3.14. The Labute approximate surface area is 164 Å². The molecule has 26 heavy (non-hydrogen) atoms. The molecular weight excluding hydrogens is 395 g/mol. The third-order valence-electron chi connectivity index (χ3n) is 4.33. The van der Waals surface area contributed by atoms with Crippen LogP contribution < -0.4 is 5.32 Å². The molecular formula is C18H16Cl2N2O3S. The zero-order chi connectivity index (χ0) is 19.1. The number of aryl methyl sites for hydroxylation is 1. The Morgan fingerprint density at radius 2 is 1.96 bits per heavy atom. The quantitative estimate of drug-likeness (QED) is 0.591. The molecule has 0 bridgehead atoms. The van der Waals surface area contributed by atoms with Crippen molar-refractivity contribution in [1.82, 2.24) is 10.2 Å². The van der Waals surface area contributed by atoms with Crippen LogP contribution in [-0.4, -0.2) is 29.2 Å². The number of halogens is 2. The van der Waals surface area contributed by atoms with E-state index in [0.29, 0.717) is 15.5 Å². The van der Waals surface area contributed by atoms with Gasteiger partial charge in [0.25, 0.3) is 5.91 Å². The molecule has 8 heteroatoms. The number of nitrogens with one attached hydrogen (secondary N) is 1. The summed E-state index contributed by atoms with van der Waals surface area (Å²) in [5, 5.41) is 3.34. The van der Waals surface area contributed by atoms with Crippen LogP contribution in [0, 0.1) is 0 Å². The molecule has 5 nitrogen and oxygen atoms in total. The van der Waals surface area contributed by atoms with Gasteiger partial charge in [0.1, 0.15) is 5.54 Å². The highest BCUT2D eigenvalue weighted by Gasteiger charge is 2.50. The fourth-order valence-corrected chi connectivity index (χ4v) is 4.33. The Balaban J connectivity index is 1.85. The van der Waals surface area contributed by atoms with Gasteiger partial charge in [-0.05, 0) is 37.6 Å². The summed E-state index contributed by atoms with van der Waals surface area (Å²) in [5.74, 6) is -0.794. The van der Waals surface area contributed by atoms with Crippen molar-refractivity contribution in [3.05, 3.63) is 55.7 Å². The molecule has 1 aliphatic heterocycles. The zero-order valence-corrected chi connectivity index (χ0v) is 16.5. The van der Waals surface area contributed by atoms with Crippen LogP contribution >= 0.6 is 34.5 Å². The molecule has 3 amide bonds. The van der Waals surface area contributed by atoms with Gasteiger partial charge in [-0.25, -0.2) is 4.79 Å². The maximum Gasteiger partial charge on any atom is 0.325 e. The van der Waals surface area contributed by atoms with Gasteiger partial charge in [0.15, 0.2) is 5.78 Å². The largest absolute Gasteiger partial charge is 0.325 e. The lowest BCUT2D eigenvalue weighted by Gasteiger charge is -2.23. The molecule has 1 aromatic heterocycles. The second-order valence-electron chi connectivity index (χ2n) is 6.11. The van der Waals surface area contributed by atoms with Crippen molar-refractivity contribution in [3.8, 4) is 0 Å². The predicted molar refractivity (Wildman–Crippen MR) is 102 cm³/mol. The molecule has 1 aliphatic rings. The summed E-state index contributed by atoms with van der Waals surface area (Å²) in [7, 11) is 0. The number of amides is 3. The summed E-state index contributed by atoms with van der Waals surface area (Å²) >= 11 is 13.5.